The number of fused-ring (bicyclic) bond motifs is 1. The van der Waals surface area contributed by atoms with Crippen LogP contribution in [0.15, 0.2) is 24.4 Å². The molecule has 2 saturated heterocycles. The summed E-state index contributed by atoms with van der Waals surface area (Å²) in [6.07, 6.45) is 1.83. The number of aromatic nitrogens is 2. The minimum atomic E-state index is -0.380. The summed E-state index contributed by atoms with van der Waals surface area (Å²) in [6.45, 7) is 11.4. The third-order valence-corrected chi connectivity index (χ3v) is 5.41. The van der Waals surface area contributed by atoms with Crippen LogP contribution < -0.4 is 10.4 Å². The molecule has 132 valence electrons. The highest BCUT2D eigenvalue weighted by Gasteiger charge is 2.51. The molecule has 3 heterocycles. The quantitative estimate of drug-likeness (QED) is 0.776. The van der Waals surface area contributed by atoms with Crippen molar-refractivity contribution in [2.24, 2.45) is 0 Å². The van der Waals surface area contributed by atoms with E-state index < -0.39 is 0 Å². The summed E-state index contributed by atoms with van der Waals surface area (Å²) in [5, 5.41) is 0. The first kappa shape index (κ1) is 16.8. The van der Waals surface area contributed by atoms with Crippen LogP contribution in [-0.4, -0.2) is 54.6 Å². The zero-order valence-electron chi connectivity index (χ0n) is 15.3. The van der Waals surface area contributed by atoms with Crippen molar-refractivity contribution in [3.8, 4) is 0 Å². The molecule has 6 nitrogen and oxygen atoms in total. The highest BCUT2D eigenvalue weighted by molar-refractivity contribution is 6.62. The summed E-state index contributed by atoms with van der Waals surface area (Å²) in [7, 11) is -0.380. The molecule has 0 bridgehead atoms. The van der Waals surface area contributed by atoms with Gasteiger partial charge in [-0.25, -0.2) is 4.98 Å². The average Bonchev–Trinajstić information content (AvgIpc) is 2.82. The fourth-order valence-corrected chi connectivity index (χ4v) is 3.09. The van der Waals surface area contributed by atoms with Crippen molar-refractivity contribution in [1.82, 2.24) is 9.97 Å². The topological polar surface area (TPSA) is 56.7 Å². The van der Waals surface area contributed by atoms with Crippen LogP contribution in [0.2, 0.25) is 0 Å². The molecule has 0 aliphatic carbocycles. The highest BCUT2D eigenvalue weighted by atomic mass is 16.7. The van der Waals surface area contributed by atoms with Gasteiger partial charge in [-0.1, -0.05) is 6.07 Å². The van der Waals surface area contributed by atoms with Gasteiger partial charge in [0.25, 0.3) is 0 Å². The molecule has 0 spiro atoms. The van der Waals surface area contributed by atoms with Gasteiger partial charge >= 0.3 is 7.12 Å². The van der Waals surface area contributed by atoms with Gasteiger partial charge in [0.15, 0.2) is 0 Å². The lowest BCUT2D eigenvalue weighted by Crippen LogP contribution is -2.41. The van der Waals surface area contributed by atoms with Crippen molar-refractivity contribution in [1.29, 1.82) is 0 Å². The summed E-state index contributed by atoms with van der Waals surface area (Å²) in [6, 6.07) is 6.02. The number of hydrogen-bond donors (Lipinski definition) is 0. The van der Waals surface area contributed by atoms with Gasteiger partial charge in [-0.15, -0.1) is 0 Å². The molecular weight excluding hydrogens is 317 g/mol. The molecule has 0 atom stereocenters. The van der Waals surface area contributed by atoms with Crippen LogP contribution in [0.4, 0.5) is 5.82 Å². The van der Waals surface area contributed by atoms with E-state index in [1.807, 2.05) is 24.4 Å². The van der Waals surface area contributed by atoms with Crippen LogP contribution in [0.5, 0.6) is 0 Å². The molecule has 2 aromatic rings. The van der Waals surface area contributed by atoms with E-state index in [1.54, 1.807) is 0 Å². The van der Waals surface area contributed by atoms with E-state index in [1.165, 1.54) is 0 Å². The summed E-state index contributed by atoms with van der Waals surface area (Å²) in [5.41, 5.74) is 2.00. The Morgan fingerprint density at radius 3 is 2.36 bits per heavy atom. The molecule has 7 heteroatoms. The Hall–Kier alpha value is -1.70. The summed E-state index contributed by atoms with van der Waals surface area (Å²) >= 11 is 0. The minimum Gasteiger partial charge on any atom is -0.399 e. The molecule has 0 radical (unpaired) electrons. The van der Waals surface area contributed by atoms with E-state index >= 15 is 0 Å². The van der Waals surface area contributed by atoms with Crippen LogP contribution in [0.3, 0.4) is 0 Å². The second kappa shape index (κ2) is 5.93. The Kier molecular flexibility index (Phi) is 3.98. The molecule has 1 aromatic heterocycles. The Balaban J connectivity index is 1.61. The van der Waals surface area contributed by atoms with Crippen molar-refractivity contribution in [3.05, 3.63) is 24.4 Å². The van der Waals surface area contributed by atoms with Crippen molar-refractivity contribution in [2.45, 2.75) is 38.9 Å². The molecule has 0 N–H and O–H groups in total. The second-order valence-electron chi connectivity index (χ2n) is 7.66. The maximum absolute atomic E-state index is 6.13. The van der Waals surface area contributed by atoms with Crippen LogP contribution in [0.25, 0.3) is 11.0 Å². The first-order valence-electron chi connectivity index (χ1n) is 8.81. The first-order valence-corrected chi connectivity index (χ1v) is 8.81. The highest BCUT2D eigenvalue weighted by Crippen LogP contribution is 2.36. The second-order valence-corrected chi connectivity index (χ2v) is 7.66. The Morgan fingerprint density at radius 2 is 1.68 bits per heavy atom. The third kappa shape index (κ3) is 3.01. The van der Waals surface area contributed by atoms with Crippen molar-refractivity contribution < 1.29 is 14.0 Å². The van der Waals surface area contributed by atoms with Gasteiger partial charge in [0.05, 0.1) is 41.6 Å². The third-order valence-electron chi connectivity index (χ3n) is 5.41. The van der Waals surface area contributed by atoms with Crippen molar-refractivity contribution in [2.75, 3.05) is 31.2 Å². The SMILES string of the molecule is CC1(C)OB(c2ccc3nc(N4CCOCC4)cnc3c2)OC1(C)C. The Bertz CT molecular complexity index is 774. The van der Waals surface area contributed by atoms with Gasteiger partial charge in [0.1, 0.15) is 5.82 Å². The smallest absolute Gasteiger partial charge is 0.399 e. The molecule has 4 rings (SSSR count). The Morgan fingerprint density at radius 1 is 1.00 bits per heavy atom. The zero-order valence-corrected chi connectivity index (χ0v) is 15.3. The van der Waals surface area contributed by atoms with Gasteiger partial charge in [0, 0.05) is 13.1 Å². The molecule has 0 amide bonds. The van der Waals surface area contributed by atoms with Gasteiger partial charge in [0.2, 0.25) is 0 Å². The number of anilines is 1. The lowest BCUT2D eigenvalue weighted by atomic mass is 9.79. The van der Waals surface area contributed by atoms with Crippen molar-refractivity contribution in [3.63, 3.8) is 0 Å². The largest absolute Gasteiger partial charge is 0.494 e. The summed E-state index contributed by atoms with van der Waals surface area (Å²) in [4.78, 5) is 11.6. The molecule has 0 unspecified atom stereocenters. The number of ether oxygens (including phenoxy) is 1. The van der Waals surface area contributed by atoms with Crippen LogP contribution in [0, 0.1) is 0 Å². The Labute approximate surface area is 148 Å². The standard InChI is InChI=1S/C18H24BN3O3/c1-17(2)18(3,4)25-19(24-17)13-5-6-14-15(11-13)20-12-16(21-14)22-7-9-23-10-8-22/h5-6,11-12H,7-10H2,1-4H3. The lowest BCUT2D eigenvalue weighted by Gasteiger charge is -2.32. The van der Waals surface area contributed by atoms with Gasteiger partial charge in [-0.2, -0.15) is 0 Å². The van der Waals surface area contributed by atoms with Gasteiger partial charge in [-0.3, -0.25) is 4.98 Å². The predicted octanol–water partition coefficient (Wildman–Crippen LogP) is 1.77. The normalized spacial score (nSPS) is 22.6. The van der Waals surface area contributed by atoms with E-state index in [9.17, 15) is 0 Å². The number of hydrogen-bond acceptors (Lipinski definition) is 6. The van der Waals surface area contributed by atoms with E-state index in [4.69, 9.17) is 19.0 Å². The van der Waals surface area contributed by atoms with E-state index in [0.29, 0.717) is 0 Å². The predicted molar refractivity (Wildman–Crippen MR) is 98.3 cm³/mol. The number of rotatable bonds is 2. The lowest BCUT2D eigenvalue weighted by molar-refractivity contribution is 0.00578. The van der Waals surface area contributed by atoms with Crippen LogP contribution in [-0.2, 0) is 14.0 Å². The monoisotopic (exact) mass is 341 g/mol. The minimum absolute atomic E-state index is 0.349. The number of benzene rings is 1. The summed E-state index contributed by atoms with van der Waals surface area (Å²) in [5.74, 6) is 0.902. The van der Waals surface area contributed by atoms with Crippen LogP contribution in [0.1, 0.15) is 27.7 Å². The first-order chi connectivity index (χ1) is 11.9. The van der Waals surface area contributed by atoms with Crippen molar-refractivity contribution >= 4 is 29.4 Å². The van der Waals surface area contributed by atoms with Gasteiger partial charge < -0.3 is 18.9 Å². The van der Waals surface area contributed by atoms with E-state index in [2.05, 4.69) is 37.6 Å². The average molecular weight is 341 g/mol. The molecule has 2 fully saturated rings. The molecule has 0 saturated carbocycles. The summed E-state index contributed by atoms with van der Waals surface area (Å²) < 4.78 is 17.6. The fraction of sp³-hybridized carbons (Fsp3) is 0.556. The van der Waals surface area contributed by atoms with Crippen LogP contribution >= 0.6 is 0 Å². The van der Waals surface area contributed by atoms with E-state index in [-0.39, 0.29) is 18.3 Å². The molecule has 25 heavy (non-hydrogen) atoms. The molecule has 1 aromatic carbocycles. The van der Waals surface area contributed by atoms with E-state index in [0.717, 1.165) is 48.6 Å². The number of morpholine rings is 1. The maximum Gasteiger partial charge on any atom is 0.494 e. The molecular formula is C18H24BN3O3. The molecule has 2 aliphatic rings. The maximum atomic E-state index is 6.13. The number of nitrogens with zero attached hydrogens (tertiary/aromatic N) is 3. The van der Waals surface area contributed by atoms with Gasteiger partial charge in [-0.05, 0) is 45.3 Å². The molecule has 2 aliphatic heterocycles. The fourth-order valence-electron chi connectivity index (χ4n) is 3.09. The zero-order chi connectivity index (χ0) is 17.7.